The number of benzene rings is 1. The van der Waals surface area contributed by atoms with E-state index in [1.807, 2.05) is 6.07 Å². The molecule has 6 heteroatoms. The molecule has 0 spiro atoms. The second-order valence-electron chi connectivity index (χ2n) is 4.64. The molecule has 0 fully saturated rings. The van der Waals surface area contributed by atoms with Crippen LogP contribution in [0.5, 0.6) is 5.75 Å². The first kappa shape index (κ1) is 15.3. The van der Waals surface area contributed by atoms with E-state index in [4.69, 9.17) is 22.1 Å². The molecule has 20 heavy (non-hydrogen) atoms. The fourth-order valence-electron chi connectivity index (χ4n) is 1.80. The number of aromatic nitrogens is 2. The summed E-state index contributed by atoms with van der Waals surface area (Å²) in [6.45, 7) is 4.16. The second kappa shape index (κ2) is 6.13. The van der Waals surface area contributed by atoms with Crippen LogP contribution in [0.4, 0.5) is 5.82 Å². The van der Waals surface area contributed by atoms with Gasteiger partial charge in [0.1, 0.15) is 11.6 Å². The molecular weight excluding hydrogens is 389 g/mol. The first-order chi connectivity index (χ1) is 9.43. The second-order valence-corrected chi connectivity index (χ2v) is 6.12. The van der Waals surface area contributed by atoms with Crippen LogP contribution in [0.15, 0.2) is 18.2 Å². The highest BCUT2D eigenvalue weighted by Crippen LogP contribution is 2.31. The van der Waals surface area contributed by atoms with Crippen molar-refractivity contribution in [1.29, 1.82) is 0 Å². The van der Waals surface area contributed by atoms with E-state index in [1.165, 1.54) is 0 Å². The summed E-state index contributed by atoms with van der Waals surface area (Å²) in [5.74, 6) is 1.97. The van der Waals surface area contributed by atoms with Crippen molar-refractivity contribution in [2.24, 2.45) is 0 Å². The quantitative estimate of drug-likeness (QED) is 0.783. The number of nitrogens with zero attached hydrogens (tertiary/aromatic N) is 2. The lowest BCUT2D eigenvalue weighted by molar-refractivity contribution is 0.415. The summed E-state index contributed by atoms with van der Waals surface area (Å²) < 4.78 is 6.05. The van der Waals surface area contributed by atoms with Gasteiger partial charge < -0.3 is 10.5 Å². The number of nitrogens with two attached hydrogens (primary N) is 1. The van der Waals surface area contributed by atoms with Crippen LogP contribution in [0, 0.1) is 3.57 Å². The largest absolute Gasteiger partial charge is 0.495 e. The number of ether oxygens (including phenoxy) is 1. The monoisotopic (exact) mass is 403 g/mol. The number of halogens is 2. The lowest BCUT2D eigenvalue weighted by Crippen LogP contribution is -2.06. The molecule has 4 nitrogen and oxygen atoms in total. The minimum Gasteiger partial charge on any atom is -0.495 e. The van der Waals surface area contributed by atoms with E-state index in [-0.39, 0.29) is 5.92 Å². The Morgan fingerprint density at radius 3 is 2.55 bits per heavy atom. The zero-order valence-corrected chi connectivity index (χ0v) is 14.4. The predicted molar refractivity (Wildman–Crippen MR) is 90.2 cm³/mol. The van der Waals surface area contributed by atoms with Gasteiger partial charge in [0.2, 0.25) is 0 Å². The van der Waals surface area contributed by atoms with Crippen molar-refractivity contribution in [3.05, 3.63) is 32.5 Å². The Labute approximate surface area is 136 Å². The summed E-state index contributed by atoms with van der Waals surface area (Å²) in [7, 11) is 1.58. The van der Waals surface area contributed by atoms with Crippen molar-refractivity contribution < 1.29 is 4.74 Å². The van der Waals surface area contributed by atoms with E-state index in [2.05, 4.69) is 46.4 Å². The minimum atomic E-state index is 0.277. The summed E-state index contributed by atoms with van der Waals surface area (Å²) in [4.78, 5) is 8.94. The van der Waals surface area contributed by atoms with Gasteiger partial charge in [-0.05, 0) is 46.7 Å². The SMILES string of the molecule is COc1ccc(-c2nc(N)c(I)c(C(C)C)n2)cc1Cl. The van der Waals surface area contributed by atoms with Crippen LogP contribution < -0.4 is 10.5 Å². The van der Waals surface area contributed by atoms with Crippen LogP contribution in [0.2, 0.25) is 5.02 Å². The Morgan fingerprint density at radius 1 is 1.30 bits per heavy atom. The van der Waals surface area contributed by atoms with Crippen molar-refractivity contribution >= 4 is 40.0 Å². The van der Waals surface area contributed by atoms with Gasteiger partial charge in [0.25, 0.3) is 0 Å². The van der Waals surface area contributed by atoms with Crippen LogP contribution in [0.3, 0.4) is 0 Å². The maximum Gasteiger partial charge on any atom is 0.161 e. The predicted octanol–water partition coefficient (Wildman–Crippen LogP) is 4.12. The molecule has 0 saturated heterocycles. The lowest BCUT2D eigenvalue weighted by atomic mass is 10.1. The Morgan fingerprint density at radius 2 is 2.00 bits per heavy atom. The molecule has 2 aromatic rings. The van der Waals surface area contributed by atoms with E-state index in [1.54, 1.807) is 19.2 Å². The molecule has 0 aliphatic heterocycles. The molecular formula is C14H15ClIN3O. The zero-order chi connectivity index (χ0) is 14.9. The Kier molecular flexibility index (Phi) is 4.70. The zero-order valence-electron chi connectivity index (χ0n) is 11.4. The van der Waals surface area contributed by atoms with Crippen molar-refractivity contribution in [3.8, 4) is 17.1 Å². The van der Waals surface area contributed by atoms with Gasteiger partial charge in [-0.25, -0.2) is 9.97 Å². The average Bonchev–Trinajstić information content (AvgIpc) is 2.41. The van der Waals surface area contributed by atoms with Gasteiger partial charge in [-0.15, -0.1) is 0 Å². The topological polar surface area (TPSA) is 61.0 Å². The van der Waals surface area contributed by atoms with E-state index in [0.717, 1.165) is 14.8 Å². The minimum absolute atomic E-state index is 0.277. The molecule has 0 aliphatic carbocycles. The van der Waals surface area contributed by atoms with Crippen molar-refractivity contribution in [3.63, 3.8) is 0 Å². The van der Waals surface area contributed by atoms with Gasteiger partial charge in [0.15, 0.2) is 5.82 Å². The molecule has 0 bridgehead atoms. The van der Waals surface area contributed by atoms with Crippen molar-refractivity contribution in [1.82, 2.24) is 9.97 Å². The molecule has 0 aliphatic rings. The van der Waals surface area contributed by atoms with Crippen LogP contribution in [-0.4, -0.2) is 17.1 Å². The Balaban J connectivity index is 2.55. The van der Waals surface area contributed by atoms with Crippen molar-refractivity contribution in [2.45, 2.75) is 19.8 Å². The third-order valence-electron chi connectivity index (χ3n) is 2.86. The molecule has 1 aromatic heterocycles. The highest BCUT2D eigenvalue weighted by atomic mass is 127. The van der Waals surface area contributed by atoms with Crippen LogP contribution >= 0.6 is 34.2 Å². The molecule has 2 rings (SSSR count). The fourth-order valence-corrected chi connectivity index (χ4v) is 2.92. The van der Waals surface area contributed by atoms with Gasteiger partial charge in [0, 0.05) is 5.56 Å². The van der Waals surface area contributed by atoms with Crippen LogP contribution in [0.25, 0.3) is 11.4 Å². The smallest absolute Gasteiger partial charge is 0.161 e. The number of rotatable bonds is 3. The number of hydrogen-bond donors (Lipinski definition) is 1. The molecule has 0 atom stereocenters. The summed E-state index contributed by atoms with van der Waals surface area (Å²) in [6, 6.07) is 5.45. The number of anilines is 1. The molecule has 0 unspecified atom stereocenters. The highest BCUT2D eigenvalue weighted by Gasteiger charge is 2.15. The number of nitrogen functional groups attached to an aromatic ring is 1. The third kappa shape index (κ3) is 2.98. The fraction of sp³-hybridized carbons (Fsp3) is 0.286. The maximum absolute atomic E-state index is 6.14. The molecule has 0 saturated carbocycles. The molecule has 2 N–H and O–H groups in total. The third-order valence-corrected chi connectivity index (χ3v) is 4.26. The van der Waals surface area contributed by atoms with E-state index in [0.29, 0.717) is 22.4 Å². The number of hydrogen-bond acceptors (Lipinski definition) is 4. The molecule has 0 amide bonds. The average molecular weight is 404 g/mol. The standard InChI is InChI=1S/C14H15ClIN3O/c1-7(2)12-11(16)13(17)19-14(18-12)8-4-5-10(20-3)9(15)6-8/h4-7H,1-3H3,(H2,17,18,19). The van der Waals surface area contributed by atoms with Crippen LogP contribution in [-0.2, 0) is 0 Å². The van der Waals surface area contributed by atoms with E-state index >= 15 is 0 Å². The summed E-state index contributed by atoms with van der Waals surface area (Å²) in [5, 5.41) is 0.525. The van der Waals surface area contributed by atoms with Gasteiger partial charge in [-0.2, -0.15) is 0 Å². The Bertz CT molecular complexity index is 647. The molecule has 0 radical (unpaired) electrons. The van der Waals surface area contributed by atoms with Gasteiger partial charge >= 0.3 is 0 Å². The van der Waals surface area contributed by atoms with E-state index in [9.17, 15) is 0 Å². The normalized spacial score (nSPS) is 10.9. The molecule has 106 valence electrons. The van der Waals surface area contributed by atoms with E-state index < -0.39 is 0 Å². The van der Waals surface area contributed by atoms with Gasteiger partial charge in [-0.1, -0.05) is 25.4 Å². The van der Waals surface area contributed by atoms with Gasteiger partial charge in [0.05, 0.1) is 21.4 Å². The summed E-state index contributed by atoms with van der Waals surface area (Å²) in [6.07, 6.45) is 0. The lowest BCUT2D eigenvalue weighted by Gasteiger charge is -2.12. The van der Waals surface area contributed by atoms with Gasteiger partial charge in [-0.3, -0.25) is 0 Å². The first-order valence-corrected chi connectivity index (χ1v) is 7.56. The first-order valence-electron chi connectivity index (χ1n) is 6.10. The van der Waals surface area contributed by atoms with Crippen molar-refractivity contribution in [2.75, 3.05) is 12.8 Å². The highest BCUT2D eigenvalue weighted by molar-refractivity contribution is 14.1. The Hall–Kier alpha value is -1.08. The molecule has 1 aromatic carbocycles. The maximum atomic E-state index is 6.14. The summed E-state index contributed by atoms with van der Waals surface area (Å²) in [5.41, 5.74) is 7.74. The molecule has 1 heterocycles. The van der Waals surface area contributed by atoms with Crippen LogP contribution in [0.1, 0.15) is 25.5 Å². The summed E-state index contributed by atoms with van der Waals surface area (Å²) >= 11 is 8.32. The number of methoxy groups -OCH3 is 1.